The first kappa shape index (κ1) is 13.2. The topological polar surface area (TPSA) is 48.7 Å². The highest BCUT2D eigenvalue weighted by atomic mass is 19.1. The van der Waals surface area contributed by atoms with Crippen LogP contribution in [0.5, 0.6) is 0 Å². The molecule has 1 atom stereocenters. The number of nitrogens with zero attached hydrogens (tertiary/aromatic N) is 2. The molecule has 2 aromatic rings. The van der Waals surface area contributed by atoms with Gasteiger partial charge in [-0.1, -0.05) is 12.1 Å². The number of benzene rings is 1. The summed E-state index contributed by atoms with van der Waals surface area (Å²) in [6.07, 6.45) is 1.73. The van der Waals surface area contributed by atoms with Crippen molar-refractivity contribution in [2.24, 2.45) is 0 Å². The number of nitrogens with one attached hydrogen (secondary N) is 1. The van der Waals surface area contributed by atoms with E-state index in [2.05, 4.69) is 10.3 Å². The van der Waals surface area contributed by atoms with Gasteiger partial charge in [-0.2, -0.15) is 5.26 Å². The Morgan fingerprint density at radius 3 is 2.84 bits per heavy atom. The molecule has 0 saturated heterocycles. The van der Waals surface area contributed by atoms with Gasteiger partial charge in [-0.05, 0) is 31.2 Å². The average molecular weight is 255 g/mol. The average Bonchev–Trinajstić information content (AvgIpc) is 2.46. The van der Waals surface area contributed by atoms with Crippen LogP contribution in [0.2, 0.25) is 0 Å². The second kappa shape index (κ2) is 6.07. The molecule has 19 heavy (non-hydrogen) atoms. The molecular formula is C15H14FN3. The van der Waals surface area contributed by atoms with Crippen molar-refractivity contribution in [2.45, 2.75) is 19.5 Å². The zero-order chi connectivity index (χ0) is 13.7. The molecule has 0 fully saturated rings. The molecular weight excluding hydrogens is 241 g/mol. The van der Waals surface area contributed by atoms with Crippen molar-refractivity contribution >= 4 is 0 Å². The molecule has 2 rings (SSSR count). The minimum Gasteiger partial charge on any atom is -0.305 e. The van der Waals surface area contributed by atoms with E-state index in [1.807, 2.05) is 31.2 Å². The van der Waals surface area contributed by atoms with E-state index in [4.69, 9.17) is 5.26 Å². The first-order chi connectivity index (χ1) is 9.20. The predicted octanol–water partition coefficient (Wildman–Crippen LogP) is 2.94. The highest BCUT2D eigenvalue weighted by molar-refractivity contribution is 5.32. The van der Waals surface area contributed by atoms with E-state index in [0.29, 0.717) is 17.7 Å². The van der Waals surface area contributed by atoms with Gasteiger partial charge in [0, 0.05) is 24.3 Å². The number of rotatable bonds is 4. The third-order valence-electron chi connectivity index (χ3n) is 2.91. The number of pyridine rings is 1. The van der Waals surface area contributed by atoms with Crippen LogP contribution < -0.4 is 5.32 Å². The standard InChI is InChI=1S/C15H14FN3/c1-11(15-4-2-3-7-18-15)19-10-13-6-5-12(9-17)8-14(13)16/h2-8,11,19H,10H2,1H3/t11-/m0/s1. The van der Waals surface area contributed by atoms with Gasteiger partial charge < -0.3 is 5.32 Å². The minimum atomic E-state index is -0.361. The van der Waals surface area contributed by atoms with Gasteiger partial charge in [0.05, 0.1) is 17.3 Å². The van der Waals surface area contributed by atoms with E-state index >= 15 is 0 Å². The predicted molar refractivity (Wildman–Crippen MR) is 70.6 cm³/mol. The van der Waals surface area contributed by atoms with Crippen LogP contribution >= 0.6 is 0 Å². The van der Waals surface area contributed by atoms with Crippen LogP contribution in [0.25, 0.3) is 0 Å². The molecule has 1 heterocycles. The van der Waals surface area contributed by atoms with E-state index in [0.717, 1.165) is 5.69 Å². The van der Waals surface area contributed by atoms with Gasteiger partial charge >= 0.3 is 0 Å². The molecule has 1 N–H and O–H groups in total. The summed E-state index contributed by atoms with van der Waals surface area (Å²) in [5.74, 6) is -0.361. The van der Waals surface area contributed by atoms with E-state index < -0.39 is 0 Å². The second-order valence-electron chi connectivity index (χ2n) is 4.28. The number of aromatic nitrogens is 1. The lowest BCUT2D eigenvalue weighted by Crippen LogP contribution is -2.19. The molecule has 0 bridgehead atoms. The molecule has 0 aliphatic rings. The summed E-state index contributed by atoms with van der Waals surface area (Å²) < 4.78 is 13.7. The minimum absolute atomic E-state index is 0.0382. The van der Waals surface area contributed by atoms with Gasteiger partial charge in [0.25, 0.3) is 0 Å². The summed E-state index contributed by atoms with van der Waals surface area (Å²) in [7, 11) is 0. The highest BCUT2D eigenvalue weighted by Gasteiger charge is 2.08. The molecule has 0 unspecified atom stereocenters. The van der Waals surface area contributed by atoms with Crippen molar-refractivity contribution < 1.29 is 4.39 Å². The Labute approximate surface area is 111 Å². The van der Waals surface area contributed by atoms with E-state index in [9.17, 15) is 4.39 Å². The highest BCUT2D eigenvalue weighted by Crippen LogP contribution is 2.13. The Balaban J connectivity index is 2.01. The van der Waals surface area contributed by atoms with Gasteiger partial charge in [-0.15, -0.1) is 0 Å². The summed E-state index contributed by atoms with van der Waals surface area (Å²) in [4.78, 5) is 4.24. The third kappa shape index (κ3) is 3.36. The first-order valence-electron chi connectivity index (χ1n) is 6.03. The van der Waals surface area contributed by atoms with Gasteiger partial charge in [-0.25, -0.2) is 4.39 Å². The lowest BCUT2D eigenvalue weighted by Gasteiger charge is -2.13. The van der Waals surface area contributed by atoms with E-state index in [-0.39, 0.29) is 11.9 Å². The van der Waals surface area contributed by atoms with Gasteiger partial charge in [0.1, 0.15) is 5.82 Å². The van der Waals surface area contributed by atoms with Crippen molar-refractivity contribution in [2.75, 3.05) is 0 Å². The van der Waals surface area contributed by atoms with Crippen molar-refractivity contribution in [1.82, 2.24) is 10.3 Å². The number of nitriles is 1. The number of hydrogen-bond donors (Lipinski definition) is 1. The Morgan fingerprint density at radius 1 is 1.37 bits per heavy atom. The van der Waals surface area contributed by atoms with E-state index in [1.54, 1.807) is 18.3 Å². The Bertz CT molecular complexity index is 590. The Hall–Kier alpha value is -2.25. The SMILES string of the molecule is C[C@H](NCc1ccc(C#N)cc1F)c1ccccn1. The lowest BCUT2D eigenvalue weighted by molar-refractivity contribution is 0.536. The summed E-state index contributed by atoms with van der Waals surface area (Å²) in [6.45, 7) is 2.37. The normalized spacial score (nSPS) is 11.8. The van der Waals surface area contributed by atoms with Crippen LogP contribution in [-0.4, -0.2) is 4.98 Å². The van der Waals surface area contributed by atoms with Crippen LogP contribution in [0.15, 0.2) is 42.6 Å². The molecule has 0 radical (unpaired) electrons. The number of hydrogen-bond acceptors (Lipinski definition) is 3. The molecule has 0 amide bonds. The van der Waals surface area contributed by atoms with Crippen LogP contribution in [0, 0.1) is 17.1 Å². The lowest BCUT2D eigenvalue weighted by atomic mass is 10.1. The largest absolute Gasteiger partial charge is 0.305 e. The fourth-order valence-corrected chi connectivity index (χ4v) is 1.76. The quantitative estimate of drug-likeness (QED) is 0.913. The van der Waals surface area contributed by atoms with Gasteiger partial charge in [0.15, 0.2) is 0 Å². The molecule has 0 aliphatic carbocycles. The van der Waals surface area contributed by atoms with Crippen molar-refractivity contribution in [3.8, 4) is 6.07 Å². The van der Waals surface area contributed by atoms with Crippen LogP contribution in [0.4, 0.5) is 4.39 Å². The van der Waals surface area contributed by atoms with Gasteiger partial charge in [-0.3, -0.25) is 4.98 Å². The summed E-state index contributed by atoms with van der Waals surface area (Å²) in [5, 5.41) is 11.9. The molecule has 0 aliphatic heterocycles. The molecule has 96 valence electrons. The molecule has 3 nitrogen and oxygen atoms in total. The maximum absolute atomic E-state index is 13.7. The molecule has 0 saturated carbocycles. The van der Waals surface area contributed by atoms with Crippen LogP contribution in [0.3, 0.4) is 0 Å². The smallest absolute Gasteiger partial charge is 0.129 e. The molecule has 1 aromatic carbocycles. The maximum atomic E-state index is 13.7. The zero-order valence-electron chi connectivity index (χ0n) is 10.6. The fraction of sp³-hybridized carbons (Fsp3) is 0.200. The zero-order valence-corrected chi connectivity index (χ0v) is 10.6. The van der Waals surface area contributed by atoms with Crippen molar-refractivity contribution in [3.05, 3.63) is 65.2 Å². The first-order valence-corrected chi connectivity index (χ1v) is 6.03. The summed E-state index contributed by atoms with van der Waals surface area (Å²) >= 11 is 0. The second-order valence-corrected chi connectivity index (χ2v) is 4.28. The van der Waals surface area contributed by atoms with Crippen molar-refractivity contribution in [1.29, 1.82) is 5.26 Å². The Kier molecular flexibility index (Phi) is 4.22. The summed E-state index contributed by atoms with van der Waals surface area (Å²) in [6, 6.07) is 12.2. The fourth-order valence-electron chi connectivity index (χ4n) is 1.76. The van der Waals surface area contributed by atoms with E-state index in [1.165, 1.54) is 6.07 Å². The van der Waals surface area contributed by atoms with Crippen LogP contribution in [0.1, 0.15) is 29.8 Å². The number of halogens is 1. The maximum Gasteiger partial charge on any atom is 0.129 e. The third-order valence-corrected chi connectivity index (χ3v) is 2.91. The summed E-state index contributed by atoms with van der Waals surface area (Å²) in [5.41, 5.74) is 1.79. The van der Waals surface area contributed by atoms with Gasteiger partial charge in [0.2, 0.25) is 0 Å². The molecule has 4 heteroatoms. The Morgan fingerprint density at radius 2 is 2.21 bits per heavy atom. The van der Waals surface area contributed by atoms with Crippen LogP contribution in [-0.2, 0) is 6.54 Å². The molecule has 1 aromatic heterocycles. The molecule has 0 spiro atoms. The monoisotopic (exact) mass is 255 g/mol. The van der Waals surface area contributed by atoms with Crippen molar-refractivity contribution in [3.63, 3.8) is 0 Å².